The van der Waals surface area contributed by atoms with Crippen LogP contribution in [0.5, 0.6) is 0 Å². The molecule has 2 aromatic rings. The van der Waals surface area contributed by atoms with Crippen LogP contribution >= 0.6 is 0 Å². The summed E-state index contributed by atoms with van der Waals surface area (Å²) in [5.74, 6) is -0.552. The minimum Gasteiger partial charge on any atom is -0.392 e. The van der Waals surface area contributed by atoms with Gasteiger partial charge in [0.15, 0.2) is 0 Å². The molecule has 138 valence electrons. The zero-order chi connectivity index (χ0) is 18.6. The molecule has 0 radical (unpaired) electrons. The van der Waals surface area contributed by atoms with Crippen LogP contribution in [0, 0.1) is 11.8 Å². The standard InChI is InChI=1S/C21H24O4S/c1-16-20(22)12-18(15-25-14-17-8-4-2-5-9-17)13-21(16)26(23,24)19-10-6-3-7-11-19/h2-11,13,16,18,20,22H,12,14-15H2,1H3/t16-,18-,20-/m1/s1. The molecular weight excluding hydrogens is 348 g/mol. The van der Waals surface area contributed by atoms with Crippen LogP contribution in [0.15, 0.2) is 76.5 Å². The minimum atomic E-state index is -3.61. The molecule has 0 saturated carbocycles. The zero-order valence-corrected chi connectivity index (χ0v) is 15.6. The van der Waals surface area contributed by atoms with E-state index in [1.165, 1.54) is 0 Å². The van der Waals surface area contributed by atoms with Crippen LogP contribution in [0.4, 0.5) is 0 Å². The van der Waals surface area contributed by atoms with Gasteiger partial charge in [-0.25, -0.2) is 8.42 Å². The first-order valence-electron chi connectivity index (χ1n) is 8.80. The van der Waals surface area contributed by atoms with Gasteiger partial charge < -0.3 is 9.84 Å². The molecular formula is C21H24O4S. The summed E-state index contributed by atoms with van der Waals surface area (Å²) in [6, 6.07) is 18.2. The fraction of sp³-hybridized carbons (Fsp3) is 0.333. The van der Waals surface area contributed by atoms with Gasteiger partial charge in [-0.05, 0) is 24.1 Å². The lowest BCUT2D eigenvalue weighted by molar-refractivity contribution is 0.0549. The van der Waals surface area contributed by atoms with E-state index >= 15 is 0 Å². The van der Waals surface area contributed by atoms with Crippen LogP contribution in [0.25, 0.3) is 0 Å². The van der Waals surface area contributed by atoms with Gasteiger partial charge in [-0.3, -0.25) is 0 Å². The molecule has 0 spiro atoms. The Morgan fingerprint density at radius 1 is 1.04 bits per heavy atom. The van der Waals surface area contributed by atoms with Crippen LogP contribution in [0.3, 0.4) is 0 Å². The Labute approximate surface area is 155 Å². The molecule has 2 aromatic carbocycles. The van der Waals surface area contributed by atoms with Gasteiger partial charge >= 0.3 is 0 Å². The van der Waals surface area contributed by atoms with Gasteiger partial charge in [0.2, 0.25) is 9.84 Å². The van der Waals surface area contributed by atoms with Gasteiger partial charge in [-0.2, -0.15) is 0 Å². The molecule has 0 aliphatic heterocycles. The predicted octanol–water partition coefficient (Wildman–Crippen LogP) is 3.58. The fourth-order valence-electron chi connectivity index (χ4n) is 3.24. The van der Waals surface area contributed by atoms with Crippen LogP contribution < -0.4 is 0 Å². The topological polar surface area (TPSA) is 63.6 Å². The van der Waals surface area contributed by atoms with Gasteiger partial charge in [0, 0.05) is 11.8 Å². The molecule has 26 heavy (non-hydrogen) atoms. The molecule has 0 bridgehead atoms. The Hall–Kier alpha value is -1.95. The molecule has 1 aliphatic rings. The second-order valence-corrected chi connectivity index (χ2v) is 8.69. The summed E-state index contributed by atoms with van der Waals surface area (Å²) in [4.78, 5) is 0.548. The molecule has 0 aromatic heterocycles. The van der Waals surface area contributed by atoms with Crippen LogP contribution in [0.2, 0.25) is 0 Å². The van der Waals surface area contributed by atoms with Gasteiger partial charge in [0.25, 0.3) is 0 Å². The van der Waals surface area contributed by atoms with Gasteiger partial charge in [-0.15, -0.1) is 0 Å². The molecule has 0 fully saturated rings. The summed E-state index contributed by atoms with van der Waals surface area (Å²) < 4.78 is 31.7. The van der Waals surface area contributed by atoms with Gasteiger partial charge in [-0.1, -0.05) is 61.5 Å². The molecule has 0 amide bonds. The first-order valence-corrected chi connectivity index (χ1v) is 10.3. The van der Waals surface area contributed by atoms with Crippen molar-refractivity contribution in [2.75, 3.05) is 6.61 Å². The van der Waals surface area contributed by atoms with Gasteiger partial charge in [0.05, 0.1) is 29.1 Å². The lowest BCUT2D eigenvalue weighted by atomic mass is 9.87. The molecule has 1 aliphatic carbocycles. The Bertz CT molecular complexity index is 844. The van der Waals surface area contributed by atoms with Crippen molar-refractivity contribution in [3.8, 4) is 0 Å². The molecule has 0 heterocycles. The maximum Gasteiger partial charge on any atom is 0.202 e. The minimum absolute atomic E-state index is 0.126. The maximum atomic E-state index is 13.0. The van der Waals surface area contributed by atoms with Crippen LogP contribution in [0.1, 0.15) is 18.9 Å². The number of ether oxygens (including phenoxy) is 1. The highest BCUT2D eigenvalue weighted by Gasteiger charge is 2.35. The van der Waals surface area contributed by atoms with Crippen molar-refractivity contribution in [2.45, 2.75) is 31.0 Å². The van der Waals surface area contributed by atoms with Crippen LogP contribution in [-0.4, -0.2) is 26.2 Å². The molecule has 0 unspecified atom stereocenters. The SMILES string of the molecule is C[C@H]1C(S(=O)(=O)c2ccccc2)=C[C@H](COCc2ccccc2)C[C@H]1O. The molecule has 0 saturated heterocycles. The zero-order valence-electron chi connectivity index (χ0n) is 14.8. The molecule has 3 rings (SSSR count). The summed E-state index contributed by atoms with van der Waals surface area (Å²) in [5, 5.41) is 10.4. The van der Waals surface area contributed by atoms with E-state index in [4.69, 9.17) is 4.74 Å². The normalized spacial score (nSPS) is 23.5. The Morgan fingerprint density at radius 3 is 2.31 bits per heavy atom. The Kier molecular flexibility index (Phi) is 5.91. The van der Waals surface area contributed by atoms with E-state index in [0.717, 1.165) is 5.56 Å². The van der Waals surface area contributed by atoms with Crippen molar-refractivity contribution >= 4 is 9.84 Å². The third-order valence-electron chi connectivity index (χ3n) is 4.78. The molecule has 4 nitrogen and oxygen atoms in total. The quantitative estimate of drug-likeness (QED) is 0.842. The second kappa shape index (κ2) is 8.16. The first kappa shape index (κ1) is 18.8. The van der Waals surface area contributed by atoms with E-state index in [-0.39, 0.29) is 15.7 Å². The summed E-state index contributed by atoms with van der Waals surface area (Å²) in [5.41, 5.74) is 1.07. The highest BCUT2D eigenvalue weighted by molar-refractivity contribution is 7.95. The highest BCUT2D eigenvalue weighted by Crippen LogP contribution is 2.35. The average Bonchev–Trinajstić information content (AvgIpc) is 2.66. The average molecular weight is 372 g/mol. The van der Waals surface area contributed by atoms with Crippen molar-refractivity contribution in [3.05, 3.63) is 77.2 Å². The van der Waals surface area contributed by atoms with E-state index in [1.54, 1.807) is 43.3 Å². The van der Waals surface area contributed by atoms with E-state index < -0.39 is 21.9 Å². The Balaban J connectivity index is 1.75. The Morgan fingerprint density at radius 2 is 1.65 bits per heavy atom. The van der Waals surface area contributed by atoms with E-state index in [2.05, 4.69) is 0 Å². The molecule has 5 heteroatoms. The number of rotatable bonds is 6. The monoisotopic (exact) mass is 372 g/mol. The smallest absolute Gasteiger partial charge is 0.202 e. The van der Waals surface area contributed by atoms with E-state index in [1.807, 2.05) is 30.3 Å². The summed E-state index contributed by atoms with van der Waals surface area (Å²) in [7, 11) is -3.61. The fourth-order valence-corrected chi connectivity index (χ4v) is 5.05. The van der Waals surface area contributed by atoms with Crippen molar-refractivity contribution in [2.24, 2.45) is 11.8 Å². The third-order valence-corrected chi connectivity index (χ3v) is 6.80. The third kappa shape index (κ3) is 4.23. The van der Waals surface area contributed by atoms with Crippen molar-refractivity contribution in [1.82, 2.24) is 0 Å². The number of hydrogen-bond donors (Lipinski definition) is 1. The second-order valence-electron chi connectivity index (χ2n) is 6.74. The van der Waals surface area contributed by atoms with Crippen molar-refractivity contribution in [1.29, 1.82) is 0 Å². The van der Waals surface area contributed by atoms with E-state index in [0.29, 0.717) is 19.6 Å². The summed E-state index contributed by atoms with van der Waals surface area (Å²) in [6.45, 7) is 2.61. The maximum absolute atomic E-state index is 13.0. The first-order chi connectivity index (χ1) is 12.5. The largest absolute Gasteiger partial charge is 0.392 e. The number of benzene rings is 2. The number of aliphatic hydroxyl groups excluding tert-OH is 1. The molecule has 1 N–H and O–H groups in total. The highest BCUT2D eigenvalue weighted by atomic mass is 32.2. The van der Waals surface area contributed by atoms with Gasteiger partial charge in [0.1, 0.15) is 0 Å². The lowest BCUT2D eigenvalue weighted by Gasteiger charge is -2.30. The predicted molar refractivity (Wildman–Crippen MR) is 101 cm³/mol. The van der Waals surface area contributed by atoms with Crippen LogP contribution in [-0.2, 0) is 21.2 Å². The summed E-state index contributed by atoms with van der Waals surface area (Å²) in [6.07, 6.45) is 1.58. The van der Waals surface area contributed by atoms with E-state index in [9.17, 15) is 13.5 Å². The van der Waals surface area contributed by atoms with Crippen molar-refractivity contribution in [3.63, 3.8) is 0 Å². The number of hydrogen-bond acceptors (Lipinski definition) is 4. The number of sulfone groups is 1. The molecule has 3 atom stereocenters. The lowest BCUT2D eigenvalue weighted by Crippen LogP contribution is -2.32. The number of aliphatic hydroxyl groups is 1. The summed E-state index contributed by atoms with van der Waals surface area (Å²) >= 11 is 0. The van der Waals surface area contributed by atoms with Crippen molar-refractivity contribution < 1.29 is 18.3 Å².